The fraction of sp³-hybridized carbons (Fsp3) is 0.261. The van der Waals surface area contributed by atoms with E-state index >= 15 is 0 Å². The Hall–Kier alpha value is -3.85. The molecule has 1 amide bonds. The lowest BCUT2D eigenvalue weighted by atomic mass is 9.98. The highest BCUT2D eigenvalue weighted by atomic mass is 16.5. The molecule has 5 rings (SSSR count). The Labute approximate surface area is 184 Å². The van der Waals surface area contributed by atoms with Crippen LogP contribution in [0.1, 0.15) is 40.4 Å². The van der Waals surface area contributed by atoms with Crippen molar-refractivity contribution in [2.45, 2.75) is 18.9 Å². The number of benzene rings is 1. The van der Waals surface area contributed by atoms with Gasteiger partial charge in [-0.2, -0.15) is 5.10 Å². The molecule has 3 aromatic heterocycles. The summed E-state index contributed by atoms with van der Waals surface area (Å²) < 4.78 is 6.93. The number of ether oxygens (including phenoxy) is 1. The predicted octanol–water partition coefficient (Wildman–Crippen LogP) is 3.30. The van der Waals surface area contributed by atoms with Crippen LogP contribution in [-0.4, -0.2) is 43.9 Å². The van der Waals surface area contributed by atoms with Crippen molar-refractivity contribution in [3.8, 4) is 0 Å². The van der Waals surface area contributed by atoms with E-state index in [1.807, 2.05) is 44.3 Å². The van der Waals surface area contributed by atoms with Gasteiger partial charge in [0.25, 0.3) is 5.91 Å². The molecule has 0 aliphatic carbocycles. The van der Waals surface area contributed by atoms with Gasteiger partial charge in [-0.1, -0.05) is 12.1 Å². The van der Waals surface area contributed by atoms with Gasteiger partial charge in [0.05, 0.1) is 37.2 Å². The van der Waals surface area contributed by atoms with E-state index in [9.17, 15) is 4.79 Å². The normalized spacial score (nSPS) is 14.7. The number of nitrogens with one attached hydrogen (secondary N) is 2. The molecule has 4 heterocycles. The molecule has 2 N–H and O–H groups in total. The Balaban J connectivity index is 1.29. The molecule has 0 radical (unpaired) electrons. The summed E-state index contributed by atoms with van der Waals surface area (Å²) in [5, 5.41) is 10.5. The molecule has 1 aliphatic heterocycles. The van der Waals surface area contributed by atoms with E-state index < -0.39 is 0 Å². The second-order valence-corrected chi connectivity index (χ2v) is 7.92. The molecule has 1 aromatic carbocycles. The van der Waals surface area contributed by atoms with Crippen molar-refractivity contribution in [1.29, 1.82) is 0 Å². The van der Waals surface area contributed by atoms with Gasteiger partial charge in [-0.25, -0.2) is 14.6 Å². The van der Waals surface area contributed by atoms with E-state index in [-0.39, 0.29) is 11.9 Å². The number of carbonyl (C=O) groups excluding carboxylic acids is 1. The van der Waals surface area contributed by atoms with Crippen LogP contribution in [-0.2, 0) is 11.8 Å². The van der Waals surface area contributed by atoms with Gasteiger partial charge in [0.2, 0.25) is 0 Å². The number of pyridine rings is 1. The number of rotatable bonds is 6. The maximum Gasteiger partial charge on any atom is 0.257 e. The first-order valence-electron chi connectivity index (χ1n) is 10.4. The standard InChI is InChI=1S/C23H23N7O2/c1-14(27-21-11-25-20-10-26-30(2)22(20)29-21)15-4-3-5-19(7-15)28-23(31)17-6-16(8-24-9-17)18-12-32-13-18/h3-11,14,18H,12-13H2,1-2H3,(H,27,29)(H,28,31)/t14-/m0/s1. The van der Waals surface area contributed by atoms with Crippen molar-refractivity contribution in [2.75, 3.05) is 23.8 Å². The predicted molar refractivity (Wildman–Crippen MR) is 121 cm³/mol. The molecular formula is C23H23N7O2. The number of aromatic nitrogens is 5. The van der Waals surface area contributed by atoms with Gasteiger partial charge in [0, 0.05) is 31.0 Å². The molecule has 162 valence electrons. The molecule has 1 atom stereocenters. The first-order chi connectivity index (χ1) is 15.6. The van der Waals surface area contributed by atoms with Crippen molar-refractivity contribution in [1.82, 2.24) is 24.7 Å². The van der Waals surface area contributed by atoms with Crippen LogP contribution >= 0.6 is 0 Å². The summed E-state index contributed by atoms with van der Waals surface area (Å²) in [6, 6.07) is 9.57. The second kappa shape index (κ2) is 8.35. The molecule has 1 fully saturated rings. The molecule has 0 saturated carbocycles. The fourth-order valence-corrected chi connectivity index (χ4v) is 3.61. The monoisotopic (exact) mass is 429 g/mol. The lowest BCUT2D eigenvalue weighted by Crippen LogP contribution is -2.25. The Kier molecular flexibility index (Phi) is 5.24. The Morgan fingerprint density at radius 1 is 1.19 bits per heavy atom. The van der Waals surface area contributed by atoms with Gasteiger partial charge in [-0.05, 0) is 36.2 Å². The SMILES string of the molecule is C[C@H](Nc1cnc2cnn(C)c2n1)c1cccc(NC(=O)c2cncc(C3COC3)c2)c1. The third-order valence-corrected chi connectivity index (χ3v) is 5.58. The van der Waals surface area contributed by atoms with E-state index in [2.05, 4.69) is 30.7 Å². The summed E-state index contributed by atoms with van der Waals surface area (Å²) in [6.45, 7) is 3.39. The topological polar surface area (TPSA) is 107 Å². The first-order valence-corrected chi connectivity index (χ1v) is 10.4. The summed E-state index contributed by atoms with van der Waals surface area (Å²) in [5.74, 6) is 0.787. The zero-order chi connectivity index (χ0) is 22.1. The van der Waals surface area contributed by atoms with Crippen LogP contribution in [0, 0.1) is 0 Å². The second-order valence-electron chi connectivity index (χ2n) is 7.92. The largest absolute Gasteiger partial charge is 0.380 e. The summed E-state index contributed by atoms with van der Waals surface area (Å²) >= 11 is 0. The smallest absolute Gasteiger partial charge is 0.257 e. The van der Waals surface area contributed by atoms with E-state index in [1.165, 1.54) is 0 Å². The van der Waals surface area contributed by atoms with Crippen LogP contribution in [0.5, 0.6) is 0 Å². The van der Waals surface area contributed by atoms with Crippen molar-refractivity contribution in [2.24, 2.45) is 7.05 Å². The van der Waals surface area contributed by atoms with Crippen molar-refractivity contribution >= 4 is 28.6 Å². The minimum absolute atomic E-state index is 0.0459. The van der Waals surface area contributed by atoms with Crippen LogP contribution in [0.4, 0.5) is 11.5 Å². The van der Waals surface area contributed by atoms with Crippen molar-refractivity contribution < 1.29 is 9.53 Å². The van der Waals surface area contributed by atoms with E-state index in [0.29, 0.717) is 41.8 Å². The minimum atomic E-state index is -0.190. The highest BCUT2D eigenvalue weighted by Gasteiger charge is 2.22. The van der Waals surface area contributed by atoms with E-state index in [0.717, 1.165) is 16.6 Å². The minimum Gasteiger partial charge on any atom is -0.380 e. The molecule has 9 heteroatoms. The number of carbonyl (C=O) groups is 1. The Bertz CT molecular complexity index is 1280. The van der Waals surface area contributed by atoms with Gasteiger partial charge >= 0.3 is 0 Å². The maximum atomic E-state index is 12.8. The zero-order valence-electron chi connectivity index (χ0n) is 17.8. The summed E-state index contributed by atoms with van der Waals surface area (Å²) in [5.41, 5.74) is 4.75. The molecule has 0 spiro atoms. The van der Waals surface area contributed by atoms with Crippen LogP contribution in [0.25, 0.3) is 11.2 Å². The van der Waals surface area contributed by atoms with Gasteiger partial charge in [-0.15, -0.1) is 0 Å². The number of nitrogens with zero attached hydrogens (tertiary/aromatic N) is 5. The van der Waals surface area contributed by atoms with Crippen LogP contribution in [0.15, 0.2) is 55.1 Å². The van der Waals surface area contributed by atoms with Crippen molar-refractivity contribution in [3.63, 3.8) is 0 Å². The fourth-order valence-electron chi connectivity index (χ4n) is 3.61. The Morgan fingerprint density at radius 3 is 2.88 bits per heavy atom. The number of hydrogen-bond donors (Lipinski definition) is 2. The summed E-state index contributed by atoms with van der Waals surface area (Å²) in [6.07, 6.45) is 6.76. The van der Waals surface area contributed by atoms with E-state index in [1.54, 1.807) is 29.5 Å². The number of aryl methyl sites for hydroxylation is 1. The average Bonchev–Trinajstić information content (AvgIpc) is 3.13. The average molecular weight is 429 g/mol. The molecule has 0 unspecified atom stereocenters. The van der Waals surface area contributed by atoms with Gasteiger partial charge in [0.15, 0.2) is 5.65 Å². The van der Waals surface area contributed by atoms with Crippen molar-refractivity contribution in [3.05, 3.63) is 71.8 Å². The van der Waals surface area contributed by atoms with Crippen LogP contribution in [0.3, 0.4) is 0 Å². The van der Waals surface area contributed by atoms with E-state index in [4.69, 9.17) is 4.74 Å². The highest BCUT2D eigenvalue weighted by Crippen LogP contribution is 2.25. The van der Waals surface area contributed by atoms with Gasteiger partial charge in [0.1, 0.15) is 11.3 Å². The third kappa shape index (κ3) is 4.02. The van der Waals surface area contributed by atoms with Gasteiger partial charge < -0.3 is 15.4 Å². The molecule has 32 heavy (non-hydrogen) atoms. The van der Waals surface area contributed by atoms with Crippen LogP contribution < -0.4 is 10.6 Å². The maximum absolute atomic E-state index is 12.8. The summed E-state index contributed by atoms with van der Waals surface area (Å²) in [4.78, 5) is 26.0. The lowest BCUT2D eigenvalue weighted by Gasteiger charge is -2.26. The number of amides is 1. The third-order valence-electron chi connectivity index (χ3n) is 5.58. The quantitative estimate of drug-likeness (QED) is 0.484. The Morgan fingerprint density at radius 2 is 2.06 bits per heavy atom. The molecule has 1 aliphatic rings. The highest BCUT2D eigenvalue weighted by molar-refractivity contribution is 6.04. The number of anilines is 2. The zero-order valence-corrected chi connectivity index (χ0v) is 17.8. The molecule has 4 aromatic rings. The van der Waals surface area contributed by atoms with Gasteiger partial charge in [-0.3, -0.25) is 9.78 Å². The molecule has 9 nitrogen and oxygen atoms in total. The number of fused-ring (bicyclic) bond motifs is 1. The first kappa shape index (κ1) is 20.1. The lowest BCUT2D eigenvalue weighted by molar-refractivity contribution is 0.00826. The molecular weight excluding hydrogens is 406 g/mol. The molecule has 0 bridgehead atoms. The number of hydrogen-bond acceptors (Lipinski definition) is 7. The van der Waals surface area contributed by atoms with Crippen LogP contribution in [0.2, 0.25) is 0 Å². The molecule has 1 saturated heterocycles. The summed E-state index contributed by atoms with van der Waals surface area (Å²) in [7, 11) is 1.83.